The van der Waals surface area contributed by atoms with Crippen molar-refractivity contribution in [2.45, 2.75) is 20.0 Å². The predicted octanol–water partition coefficient (Wildman–Crippen LogP) is 2.56. The van der Waals surface area contributed by atoms with E-state index in [4.69, 9.17) is 16.4 Å². The highest BCUT2D eigenvalue weighted by atomic mass is 35.5. The summed E-state index contributed by atoms with van der Waals surface area (Å²) in [5.74, 6) is -0.756. The number of carbonyl (C=O) groups is 2. The molecule has 17 heavy (non-hydrogen) atoms. The summed E-state index contributed by atoms with van der Waals surface area (Å²) in [6.45, 7) is 2.45. The molecule has 0 atom stereocenters. The Labute approximate surface area is 99.8 Å². The number of alkyl halides is 3. The number of nitrogens with zero attached hydrogens (tertiary/aromatic N) is 2. The fraction of sp³-hybridized carbons (Fsp3) is 0.333. The highest BCUT2D eigenvalue weighted by Gasteiger charge is 2.37. The normalized spacial score (nSPS) is 10.2. The Bertz CT molecular complexity index is 421. The van der Waals surface area contributed by atoms with Crippen LogP contribution in [0, 0.1) is 0 Å². The van der Waals surface area contributed by atoms with E-state index in [-0.39, 0.29) is 0 Å². The summed E-state index contributed by atoms with van der Waals surface area (Å²) in [5, 5.41) is -0.540. The molecule has 0 spiro atoms. The van der Waals surface area contributed by atoms with Crippen molar-refractivity contribution in [3.8, 4) is 0 Å². The molecule has 0 unspecified atom stereocenters. The number of rotatable bonds is 1. The van der Waals surface area contributed by atoms with Gasteiger partial charge in [-0.2, -0.15) is 13.2 Å². The number of aldehydes is 1. The zero-order valence-electron chi connectivity index (χ0n) is 8.88. The van der Waals surface area contributed by atoms with E-state index < -0.39 is 28.5 Å². The van der Waals surface area contributed by atoms with Crippen LogP contribution in [0.25, 0.3) is 0 Å². The van der Waals surface area contributed by atoms with Crippen LogP contribution in [0.4, 0.5) is 13.2 Å². The minimum Gasteiger partial charge on any atom is -0.304 e. The molecule has 0 aliphatic rings. The molecule has 0 aliphatic heterocycles. The van der Waals surface area contributed by atoms with Crippen molar-refractivity contribution < 1.29 is 22.8 Å². The van der Waals surface area contributed by atoms with Gasteiger partial charge >= 0.3 is 6.18 Å². The van der Waals surface area contributed by atoms with E-state index in [9.17, 15) is 18.0 Å². The Kier molecular flexibility index (Phi) is 5.73. The molecule has 0 radical (unpaired) electrons. The largest absolute Gasteiger partial charge is 0.434 e. The first kappa shape index (κ1) is 15.5. The Morgan fingerprint density at radius 3 is 2.29 bits per heavy atom. The van der Waals surface area contributed by atoms with E-state index in [0.717, 1.165) is 19.4 Å². The van der Waals surface area contributed by atoms with Crippen LogP contribution in [-0.4, -0.2) is 22.0 Å². The minimum absolute atomic E-state index is 0.540. The van der Waals surface area contributed by atoms with Crippen LogP contribution in [0.1, 0.15) is 29.9 Å². The zero-order valence-corrected chi connectivity index (χ0v) is 9.63. The molecule has 8 heteroatoms. The molecule has 1 rings (SSSR count). The van der Waals surface area contributed by atoms with Crippen LogP contribution < -0.4 is 0 Å². The molecular formula is C9H8ClF3N2O2. The van der Waals surface area contributed by atoms with Crippen molar-refractivity contribution in [1.82, 2.24) is 9.97 Å². The van der Waals surface area contributed by atoms with Gasteiger partial charge < -0.3 is 4.79 Å². The van der Waals surface area contributed by atoms with E-state index in [1.807, 2.05) is 0 Å². The molecule has 94 valence electrons. The summed E-state index contributed by atoms with van der Waals surface area (Å²) < 4.78 is 36.9. The Morgan fingerprint density at radius 2 is 1.94 bits per heavy atom. The first-order chi connectivity index (χ1) is 7.73. The zero-order chi connectivity index (χ0) is 13.6. The van der Waals surface area contributed by atoms with Gasteiger partial charge in [0.2, 0.25) is 5.28 Å². The molecule has 1 aromatic rings. The third-order valence-corrected chi connectivity index (χ3v) is 1.59. The predicted molar refractivity (Wildman–Crippen MR) is 53.8 cm³/mol. The van der Waals surface area contributed by atoms with Gasteiger partial charge in [-0.1, -0.05) is 0 Å². The number of carbonyl (C=O) groups excluding carboxylic acids is 2. The van der Waals surface area contributed by atoms with E-state index in [2.05, 4.69) is 9.97 Å². The van der Waals surface area contributed by atoms with Crippen molar-refractivity contribution in [2.75, 3.05) is 0 Å². The minimum atomic E-state index is -4.70. The third kappa shape index (κ3) is 4.90. The fourth-order valence-electron chi connectivity index (χ4n) is 0.834. The summed E-state index contributed by atoms with van der Waals surface area (Å²) in [4.78, 5) is 25.9. The summed E-state index contributed by atoms with van der Waals surface area (Å²) in [6, 6.07) is 0. The van der Waals surface area contributed by atoms with Crippen LogP contribution in [0.3, 0.4) is 0 Å². The second kappa shape index (κ2) is 6.29. The molecular weight excluding hydrogens is 261 g/mol. The molecule has 0 fully saturated rings. The molecule has 0 saturated heterocycles. The lowest BCUT2D eigenvalue weighted by atomic mass is 10.1. The van der Waals surface area contributed by atoms with E-state index in [1.165, 1.54) is 6.92 Å². The number of Topliss-reactive ketones (excluding diaryl/α,β-unsaturated/α-hetero) is 1. The molecule has 4 nitrogen and oxygen atoms in total. The van der Waals surface area contributed by atoms with Gasteiger partial charge in [-0.15, -0.1) is 0 Å². The van der Waals surface area contributed by atoms with Crippen molar-refractivity contribution in [3.63, 3.8) is 0 Å². The van der Waals surface area contributed by atoms with Crippen LogP contribution in [0.15, 0.2) is 6.20 Å². The quantitative estimate of drug-likeness (QED) is 0.446. The van der Waals surface area contributed by atoms with E-state index in [0.29, 0.717) is 0 Å². The average Bonchev–Trinajstić information content (AvgIpc) is 2.16. The topological polar surface area (TPSA) is 59.9 Å². The molecule has 1 aromatic heterocycles. The number of halogens is 4. The number of hydrogen-bond donors (Lipinski definition) is 0. The molecule has 0 aliphatic carbocycles. The van der Waals surface area contributed by atoms with Crippen molar-refractivity contribution >= 4 is 23.7 Å². The SMILES string of the molecule is CC(=O)c1cnc(Cl)nc1C(F)(F)F.CC=O. The van der Waals surface area contributed by atoms with Crippen LogP contribution in [-0.2, 0) is 11.0 Å². The summed E-state index contributed by atoms with van der Waals surface area (Å²) in [7, 11) is 0. The van der Waals surface area contributed by atoms with Crippen LogP contribution >= 0.6 is 11.6 Å². The summed E-state index contributed by atoms with van der Waals surface area (Å²) >= 11 is 5.19. The molecule has 0 aromatic carbocycles. The van der Waals surface area contributed by atoms with Crippen molar-refractivity contribution in [3.05, 3.63) is 22.7 Å². The first-order valence-corrected chi connectivity index (χ1v) is 4.62. The van der Waals surface area contributed by atoms with Crippen molar-refractivity contribution in [2.24, 2.45) is 0 Å². The molecule has 0 amide bonds. The van der Waals surface area contributed by atoms with Crippen LogP contribution in [0.5, 0.6) is 0 Å². The van der Waals surface area contributed by atoms with Gasteiger partial charge in [-0.3, -0.25) is 4.79 Å². The third-order valence-electron chi connectivity index (χ3n) is 1.41. The lowest BCUT2D eigenvalue weighted by Crippen LogP contribution is -2.15. The van der Waals surface area contributed by atoms with Gasteiger partial charge in [0.25, 0.3) is 0 Å². The standard InChI is InChI=1S/C7H4ClF3N2O.C2H4O/c1-3(14)4-2-12-6(8)13-5(4)7(9,10)11;1-2-3/h2H,1H3;2H,1H3. The monoisotopic (exact) mass is 268 g/mol. The molecule has 0 bridgehead atoms. The summed E-state index contributed by atoms with van der Waals surface area (Å²) in [6.07, 6.45) is -3.19. The second-order valence-electron chi connectivity index (χ2n) is 2.69. The van der Waals surface area contributed by atoms with Crippen molar-refractivity contribution in [1.29, 1.82) is 0 Å². The van der Waals surface area contributed by atoms with E-state index in [1.54, 1.807) is 0 Å². The van der Waals surface area contributed by atoms with Gasteiger partial charge in [0.15, 0.2) is 11.5 Å². The highest BCUT2D eigenvalue weighted by Crippen LogP contribution is 2.30. The van der Waals surface area contributed by atoms with Gasteiger partial charge in [0.1, 0.15) is 6.29 Å². The number of ketones is 1. The highest BCUT2D eigenvalue weighted by molar-refractivity contribution is 6.28. The maximum atomic E-state index is 12.3. The smallest absolute Gasteiger partial charge is 0.304 e. The molecule has 1 heterocycles. The first-order valence-electron chi connectivity index (χ1n) is 4.24. The number of aromatic nitrogens is 2. The van der Waals surface area contributed by atoms with E-state index >= 15 is 0 Å². The van der Waals surface area contributed by atoms with Gasteiger partial charge in [0.05, 0.1) is 5.56 Å². The average molecular weight is 269 g/mol. The lowest BCUT2D eigenvalue weighted by Gasteiger charge is -2.08. The van der Waals surface area contributed by atoms with Gasteiger partial charge in [0, 0.05) is 6.20 Å². The summed E-state index contributed by atoms with van der Waals surface area (Å²) in [5.41, 5.74) is -1.88. The maximum Gasteiger partial charge on any atom is 0.434 e. The van der Waals surface area contributed by atoms with Gasteiger partial charge in [-0.25, -0.2) is 9.97 Å². The lowest BCUT2D eigenvalue weighted by molar-refractivity contribution is -0.141. The maximum absolute atomic E-state index is 12.3. The van der Waals surface area contributed by atoms with Gasteiger partial charge in [-0.05, 0) is 25.4 Å². The Balaban J connectivity index is 0.000000770. The fourth-order valence-corrected chi connectivity index (χ4v) is 0.967. The van der Waals surface area contributed by atoms with Crippen LogP contribution in [0.2, 0.25) is 5.28 Å². The Hall–Kier alpha value is -1.50. The molecule has 0 N–H and O–H groups in total. The Morgan fingerprint density at radius 1 is 1.47 bits per heavy atom. The molecule has 0 saturated carbocycles. The second-order valence-corrected chi connectivity index (χ2v) is 3.03. The number of hydrogen-bond acceptors (Lipinski definition) is 4.